The third-order valence-electron chi connectivity index (χ3n) is 5.95. The van der Waals surface area contributed by atoms with Crippen LogP contribution in [0.3, 0.4) is 0 Å². The van der Waals surface area contributed by atoms with Gasteiger partial charge in [0.05, 0.1) is 12.7 Å². The molecule has 0 saturated carbocycles. The quantitative estimate of drug-likeness (QED) is 0.706. The van der Waals surface area contributed by atoms with Crippen molar-refractivity contribution in [1.29, 1.82) is 0 Å². The molecule has 1 aromatic heterocycles. The number of rotatable bonds is 3. The molecule has 0 bridgehead atoms. The summed E-state index contributed by atoms with van der Waals surface area (Å²) in [5.41, 5.74) is 0.375. The predicted octanol–water partition coefficient (Wildman–Crippen LogP) is 3.70. The van der Waals surface area contributed by atoms with Crippen LogP contribution < -0.4 is 9.80 Å². The van der Waals surface area contributed by atoms with Crippen molar-refractivity contribution in [2.45, 2.75) is 25.9 Å². The van der Waals surface area contributed by atoms with Gasteiger partial charge in [-0.05, 0) is 38.0 Å². The van der Waals surface area contributed by atoms with E-state index < -0.39 is 17.7 Å². The number of carbonyl (C=O) groups excluding carboxylic acids is 1. The molecule has 160 valence electrons. The molecule has 1 atom stereocenters. The highest BCUT2D eigenvalue weighted by Crippen LogP contribution is 2.44. The lowest BCUT2D eigenvalue weighted by Gasteiger charge is -2.27. The van der Waals surface area contributed by atoms with Gasteiger partial charge in [-0.3, -0.25) is 0 Å². The Bertz CT molecular complexity index is 966. The molecule has 0 radical (unpaired) electrons. The number of carbonyl (C=O) groups is 1. The number of nitrogens with zero attached hydrogens (tertiary/aromatic N) is 4. The van der Waals surface area contributed by atoms with E-state index in [-0.39, 0.29) is 16.8 Å². The number of anilines is 2. The summed E-state index contributed by atoms with van der Waals surface area (Å²) < 4.78 is 45.1. The molecule has 4 rings (SSSR count). The van der Waals surface area contributed by atoms with Gasteiger partial charge in [-0.15, -0.1) is 0 Å². The van der Waals surface area contributed by atoms with Gasteiger partial charge < -0.3 is 14.5 Å². The van der Waals surface area contributed by atoms with Crippen LogP contribution in [0.25, 0.3) is 0 Å². The number of esters is 1. The second-order valence-electron chi connectivity index (χ2n) is 8.04. The van der Waals surface area contributed by atoms with Crippen LogP contribution in [0.5, 0.6) is 0 Å². The molecule has 0 N–H and O–H groups in total. The Hall–Kier alpha value is -2.84. The molecular formula is C21H23F3N4O2. The number of aryl methyl sites for hydroxylation is 1. The largest absolute Gasteiger partial charge is 0.464 e. The molecule has 2 aliphatic rings. The minimum atomic E-state index is -4.38. The first-order chi connectivity index (χ1) is 14.2. The van der Waals surface area contributed by atoms with Crippen LogP contribution in [0.1, 0.15) is 34.6 Å². The normalized spacial score (nSPS) is 21.5. The first-order valence-corrected chi connectivity index (χ1v) is 9.81. The summed E-state index contributed by atoms with van der Waals surface area (Å²) in [4.78, 5) is 24.5. The number of benzene rings is 1. The fourth-order valence-corrected chi connectivity index (χ4v) is 4.47. The van der Waals surface area contributed by atoms with Crippen LogP contribution >= 0.6 is 0 Å². The molecule has 6 nitrogen and oxygen atoms in total. The number of methoxy groups -OCH3 is 1. The fourth-order valence-electron chi connectivity index (χ4n) is 4.47. The number of ether oxygens (including phenoxy) is 1. The summed E-state index contributed by atoms with van der Waals surface area (Å²) in [7, 11) is 1.30. The van der Waals surface area contributed by atoms with E-state index in [1.165, 1.54) is 13.2 Å². The molecule has 2 fully saturated rings. The SMILES string of the molecule is COC(=O)c1cc(C)nc(N2CCC3(CCN(c4ccccc4C(F)(F)F)C3)C2)n1. The average Bonchev–Trinajstić information content (AvgIpc) is 3.33. The van der Waals surface area contributed by atoms with Gasteiger partial charge >= 0.3 is 12.1 Å². The third-order valence-corrected chi connectivity index (χ3v) is 5.95. The molecule has 1 spiro atoms. The van der Waals surface area contributed by atoms with E-state index >= 15 is 0 Å². The molecular weight excluding hydrogens is 397 g/mol. The molecule has 1 unspecified atom stereocenters. The van der Waals surface area contributed by atoms with Gasteiger partial charge in [0.2, 0.25) is 5.95 Å². The number of halogens is 3. The molecule has 2 aliphatic heterocycles. The average molecular weight is 420 g/mol. The lowest BCUT2D eigenvalue weighted by Crippen LogP contribution is -2.32. The number of hydrogen-bond acceptors (Lipinski definition) is 6. The lowest BCUT2D eigenvalue weighted by atomic mass is 9.86. The molecule has 1 aromatic carbocycles. The smallest absolute Gasteiger partial charge is 0.418 e. The van der Waals surface area contributed by atoms with E-state index in [2.05, 4.69) is 9.97 Å². The summed E-state index contributed by atoms with van der Waals surface area (Å²) in [6.45, 7) is 4.24. The van der Waals surface area contributed by atoms with Crippen molar-refractivity contribution in [3.63, 3.8) is 0 Å². The molecule has 0 aliphatic carbocycles. The Balaban J connectivity index is 1.54. The highest BCUT2D eigenvalue weighted by molar-refractivity contribution is 5.87. The fraction of sp³-hybridized carbons (Fsp3) is 0.476. The maximum absolute atomic E-state index is 13.4. The lowest BCUT2D eigenvalue weighted by molar-refractivity contribution is -0.137. The van der Waals surface area contributed by atoms with Crippen molar-refractivity contribution in [3.05, 3.63) is 47.3 Å². The maximum Gasteiger partial charge on any atom is 0.418 e. The van der Waals surface area contributed by atoms with E-state index in [0.29, 0.717) is 37.8 Å². The number of hydrogen-bond donors (Lipinski definition) is 0. The van der Waals surface area contributed by atoms with E-state index in [0.717, 1.165) is 18.9 Å². The first kappa shape index (κ1) is 20.4. The topological polar surface area (TPSA) is 58.6 Å². The minimum Gasteiger partial charge on any atom is -0.464 e. The zero-order valence-electron chi connectivity index (χ0n) is 16.9. The zero-order chi connectivity index (χ0) is 21.5. The summed E-state index contributed by atoms with van der Waals surface area (Å²) in [6, 6.07) is 7.32. The van der Waals surface area contributed by atoms with Crippen LogP contribution in [0.2, 0.25) is 0 Å². The highest BCUT2D eigenvalue weighted by atomic mass is 19.4. The van der Waals surface area contributed by atoms with Crippen LogP contribution in [0, 0.1) is 12.3 Å². The Morgan fingerprint density at radius 1 is 1.10 bits per heavy atom. The van der Waals surface area contributed by atoms with Crippen LogP contribution in [-0.4, -0.2) is 49.2 Å². The van der Waals surface area contributed by atoms with Crippen LogP contribution in [0.4, 0.5) is 24.8 Å². The maximum atomic E-state index is 13.4. The Morgan fingerprint density at radius 3 is 2.47 bits per heavy atom. The van der Waals surface area contributed by atoms with Crippen molar-refractivity contribution in [2.75, 3.05) is 43.1 Å². The van der Waals surface area contributed by atoms with Gasteiger partial charge in [0.15, 0.2) is 5.69 Å². The molecule has 3 heterocycles. The van der Waals surface area contributed by atoms with Crippen molar-refractivity contribution in [1.82, 2.24) is 9.97 Å². The van der Waals surface area contributed by atoms with Crippen molar-refractivity contribution in [2.24, 2.45) is 5.41 Å². The van der Waals surface area contributed by atoms with E-state index in [1.807, 2.05) is 9.80 Å². The zero-order valence-corrected chi connectivity index (χ0v) is 16.9. The number of alkyl halides is 3. The molecule has 9 heteroatoms. The van der Waals surface area contributed by atoms with E-state index in [1.54, 1.807) is 25.1 Å². The summed E-state index contributed by atoms with van der Waals surface area (Å²) in [6.07, 6.45) is -2.75. The van der Waals surface area contributed by atoms with Gasteiger partial charge in [0, 0.05) is 43.0 Å². The highest BCUT2D eigenvalue weighted by Gasteiger charge is 2.46. The number of para-hydroxylation sites is 1. The first-order valence-electron chi connectivity index (χ1n) is 9.81. The minimum absolute atomic E-state index is 0.128. The van der Waals surface area contributed by atoms with E-state index in [4.69, 9.17) is 4.74 Å². The molecule has 0 amide bonds. The predicted molar refractivity (Wildman–Crippen MR) is 106 cm³/mol. The summed E-state index contributed by atoms with van der Waals surface area (Å²) in [5.74, 6) is -0.0622. The summed E-state index contributed by atoms with van der Waals surface area (Å²) in [5, 5.41) is 0. The second-order valence-corrected chi connectivity index (χ2v) is 8.04. The van der Waals surface area contributed by atoms with Gasteiger partial charge in [0.1, 0.15) is 0 Å². The van der Waals surface area contributed by atoms with Gasteiger partial charge in [-0.1, -0.05) is 12.1 Å². The monoisotopic (exact) mass is 420 g/mol. The van der Waals surface area contributed by atoms with E-state index in [9.17, 15) is 18.0 Å². The Labute approximate surface area is 172 Å². The Kier molecular flexibility index (Phi) is 5.07. The van der Waals surface area contributed by atoms with Crippen molar-refractivity contribution >= 4 is 17.6 Å². The van der Waals surface area contributed by atoms with Crippen LogP contribution in [0.15, 0.2) is 30.3 Å². The Morgan fingerprint density at radius 2 is 1.77 bits per heavy atom. The van der Waals surface area contributed by atoms with Gasteiger partial charge in [0.25, 0.3) is 0 Å². The standard InChI is InChI=1S/C21H23F3N4O2/c1-14-11-16(18(29)30-2)26-19(25-14)28-10-8-20(13-28)7-9-27(12-20)17-6-4-3-5-15(17)21(22,23)24/h3-6,11H,7-10,12-13H2,1-2H3. The van der Waals surface area contributed by atoms with Gasteiger partial charge in [-0.2, -0.15) is 13.2 Å². The van der Waals surface area contributed by atoms with Crippen molar-refractivity contribution in [3.8, 4) is 0 Å². The second kappa shape index (κ2) is 7.45. The molecule has 2 aromatic rings. The third kappa shape index (κ3) is 3.80. The van der Waals surface area contributed by atoms with Crippen LogP contribution in [-0.2, 0) is 10.9 Å². The number of aromatic nitrogens is 2. The summed E-state index contributed by atoms with van der Waals surface area (Å²) >= 11 is 0. The van der Waals surface area contributed by atoms with Gasteiger partial charge in [-0.25, -0.2) is 14.8 Å². The molecule has 30 heavy (non-hydrogen) atoms. The van der Waals surface area contributed by atoms with Crippen molar-refractivity contribution < 1.29 is 22.7 Å². The molecule has 2 saturated heterocycles.